The van der Waals surface area contributed by atoms with E-state index in [4.69, 9.17) is 5.73 Å². The van der Waals surface area contributed by atoms with E-state index in [1.54, 1.807) is 0 Å². The fraction of sp³-hybridized carbons (Fsp3) is 0.737. The first kappa shape index (κ1) is 22.2. The topological polar surface area (TPSA) is 84.1 Å². The molecule has 0 spiro atoms. The number of halogens is 2. The van der Waals surface area contributed by atoms with Crippen molar-refractivity contribution < 1.29 is 4.79 Å². The number of nitrogens with zero attached hydrogens (tertiary/aromatic N) is 3. The molecule has 0 atom stereocenters. The molecule has 1 aromatic heterocycles. The van der Waals surface area contributed by atoms with Gasteiger partial charge in [0.15, 0.2) is 0 Å². The van der Waals surface area contributed by atoms with E-state index >= 15 is 0 Å². The maximum atomic E-state index is 12.1. The Morgan fingerprint density at radius 2 is 1.85 bits per heavy atom. The minimum atomic E-state index is 0. The molecule has 1 amide bonds. The van der Waals surface area contributed by atoms with Gasteiger partial charge in [-0.15, -0.1) is 24.8 Å². The number of nitrogens with one attached hydrogen (secondary N) is 1. The van der Waals surface area contributed by atoms with E-state index in [1.807, 2.05) is 6.92 Å². The van der Waals surface area contributed by atoms with Gasteiger partial charge in [-0.3, -0.25) is 4.79 Å². The number of rotatable bonds is 5. The van der Waals surface area contributed by atoms with Crippen LogP contribution < -0.4 is 11.1 Å². The van der Waals surface area contributed by atoms with Gasteiger partial charge in [0.05, 0.1) is 0 Å². The van der Waals surface area contributed by atoms with E-state index in [-0.39, 0.29) is 24.8 Å². The molecule has 27 heavy (non-hydrogen) atoms. The van der Waals surface area contributed by atoms with Gasteiger partial charge in [-0.25, -0.2) is 9.97 Å². The lowest BCUT2D eigenvalue weighted by Gasteiger charge is -2.33. The lowest BCUT2D eigenvalue weighted by Crippen LogP contribution is -2.40. The van der Waals surface area contributed by atoms with E-state index < -0.39 is 0 Å². The second kappa shape index (κ2) is 9.39. The van der Waals surface area contributed by atoms with Crippen molar-refractivity contribution in [1.29, 1.82) is 0 Å². The first-order valence-electron chi connectivity index (χ1n) is 9.72. The van der Waals surface area contributed by atoms with Crippen LogP contribution in [-0.2, 0) is 4.79 Å². The standard InChI is InChI=1S/C19H29N5O.2ClH/c1-12-22-17(15-8-16(20)9-15)10-18(23-12)21-11-13-4-6-24(7-5-13)19(25)14-2-3-14;;/h10,13-16H,2-9,11,20H2,1H3,(H,21,22,23);2*1H. The number of amides is 1. The van der Waals surface area contributed by atoms with Crippen LogP contribution in [0.4, 0.5) is 5.82 Å². The second-order valence-electron chi connectivity index (χ2n) is 8.08. The van der Waals surface area contributed by atoms with Crippen LogP contribution in [0.15, 0.2) is 6.07 Å². The number of nitrogens with two attached hydrogens (primary N) is 1. The van der Waals surface area contributed by atoms with Crippen LogP contribution in [0.3, 0.4) is 0 Å². The monoisotopic (exact) mass is 415 g/mol. The summed E-state index contributed by atoms with van der Waals surface area (Å²) in [4.78, 5) is 23.3. The average Bonchev–Trinajstić information content (AvgIpc) is 3.41. The summed E-state index contributed by atoms with van der Waals surface area (Å²) in [5, 5.41) is 3.50. The van der Waals surface area contributed by atoms with Crippen LogP contribution in [0.2, 0.25) is 0 Å². The van der Waals surface area contributed by atoms with Gasteiger partial charge in [0.1, 0.15) is 11.6 Å². The van der Waals surface area contributed by atoms with Crippen molar-refractivity contribution in [2.75, 3.05) is 25.0 Å². The molecule has 8 heteroatoms. The van der Waals surface area contributed by atoms with Gasteiger partial charge in [-0.1, -0.05) is 0 Å². The highest BCUT2D eigenvalue weighted by molar-refractivity contribution is 5.85. The van der Waals surface area contributed by atoms with Crippen LogP contribution in [-0.4, -0.2) is 46.5 Å². The van der Waals surface area contributed by atoms with Crippen molar-refractivity contribution in [1.82, 2.24) is 14.9 Å². The SMILES string of the molecule is Cc1nc(NCC2CCN(C(=O)C3CC3)CC2)cc(C2CC(N)C2)n1.Cl.Cl. The number of aryl methyl sites for hydroxylation is 1. The number of aromatic nitrogens is 2. The molecule has 4 rings (SSSR count). The Morgan fingerprint density at radius 3 is 2.44 bits per heavy atom. The Morgan fingerprint density at radius 1 is 1.19 bits per heavy atom. The smallest absolute Gasteiger partial charge is 0.225 e. The Bertz CT molecular complexity index is 641. The molecule has 3 N–H and O–H groups in total. The van der Waals surface area contributed by atoms with Crippen molar-refractivity contribution in [3.63, 3.8) is 0 Å². The summed E-state index contributed by atoms with van der Waals surface area (Å²) in [5.74, 6) is 3.59. The molecule has 0 unspecified atom stereocenters. The van der Waals surface area contributed by atoms with Crippen LogP contribution in [0.5, 0.6) is 0 Å². The van der Waals surface area contributed by atoms with E-state index in [0.717, 1.165) is 75.5 Å². The molecule has 6 nitrogen and oxygen atoms in total. The summed E-state index contributed by atoms with van der Waals surface area (Å²) >= 11 is 0. The molecule has 1 aliphatic heterocycles. The van der Waals surface area contributed by atoms with Gasteiger partial charge in [0, 0.05) is 49.3 Å². The van der Waals surface area contributed by atoms with Crippen molar-refractivity contribution in [3.8, 4) is 0 Å². The third-order valence-corrected chi connectivity index (χ3v) is 5.88. The van der Waals surface area contributed by atoms with Crippen molar-refractivity contribution >= 4 is 36.5 Å². The molecule has 2 aliphatic carbocycles. The van der Waals surface area contributed by atoms with Crippen molar-refractivity contribution in [3.05, 3.63) is 17.6 Å². The quantitative estimate of drug-likeness (QED) is 0.771. The molecule has 1 saturated heterocycles. The van der Waals surface area contributed by atoms with Gasteiger partial charge in [-0.2, -0.15) is 0 Å². The molecular formula is C19H31Cl2N5O. The molecule has 2 saturated carbocycles. The summed E-state index contributed by atoms with van der Waals surface area (Å²) in [7, 11) is 0. The highest BCUT2D eigenvalue weighted by Crippen LogP contribution is 2.35. The largest absolute Gasteiger partial charge is 0.370 e. The zero-order chi connectivity index (χ0) is 17.4. The highest BCUT2D eigenvalue weighted by atomic mass is 35.5. The van der Waals surface area contributed by atoms with Gasteiger partial charge in [0.2, 0.25) is 5.91 Å². The number of hydrogen-bond donors (Lipinski definition) is 2. The number of anilines is 1. The summed E-state index contributed by atoms with van der Waals surface area (Å²) < 4.78 is 0. The van der Waals surface area contributed by atoms with Crippen LogP contribution >= 0.6 is 24.8 Å². The predicted octanol–water partition coefficient (Wildman–Crippen LogP) is 2.89. The van der Waals surface area contributed by atoms with Crippen molar-refractivity contribution in [2.45, 2.75) is 57.4 Å². The number of hydrogen-bond acceptors (Lipinski definition) is 5. The molecule has 3 aliphatic rings. The summed E-state index contributed by atoms with van der Waals surface area (Å²) in [6, 6.07) is 2.43. The highest BCUT2D eigenvalue weighted by Gasteiger charge is 2.35. The zero-order valence-electron chi connectivity index (χ0n) is 15.9. The molecule has 2 heterocycles. The van der Waals surface area contributed by atoms with Crippen LogP contribution in [0, 0.1) is 18.8 Å². The summed E-state index contributed by atoms with van der Waals surface area (Å²) in [5.41, 5.74) is 7.03. The van der Waals surface area contributed by atoms with Crippen LogP contribution in [0.25, 0.3) is 0 Å². The first-order valence-corrected chi connectivity index (χ1v) is 9.72. The number of piperidine rings is 1. The first-order chi connectivity index (χ1) is 12.1. The molecule has 152 valence electrons. The van der Waals surface area contributed by atoms with Gasteiger partial charge in [0.25, 0.3) is 0 Å². The third kappa shape index (κ3) is 5.46. The van der Waals surface area contributed by atoms with Crippen molar-refractivity contribution in [2.24, 2.45) is 17.6 Å². The lowest BCUT2D eigenvalue weighted by atomic mass is 9.78. The summed E-state index contributed by atoms with van der Waals surface area (Å²) in [6.45, 7) is 4.70. The second-order valence-corrected chi connectivity index (χ2v) is 8.08. The van der Waals surface area contributed by atoms with Crippen LogP contribution in [0.1, 0.15) is 56.0 Å². The number of carbonyl (C=O) groups is 1. The molecule has 0 aromatic carbocycles. The maximum absolute atomic E-state index is 12.1. The van der Waals surface area contributed by atoms with Gasteiger partial charge < -0.3 is 16.0 Å². The number of likely N-dealkylation sites (tertiary alicyclic amines) is 1. The minimum absolute atomic E-state index is 0. The summed E-state index contributed by atoms with van der Waals surface area (Å²) in [6.07, 6.45) is 6.43. The van der Waals surface area contributed by atoms with E-state index in [1.165, 1.54) is 0 Å². The predicted molar refractivity (Wildman–Crippen MR) is 112 cm³/mol. The van der Waals surface area contributed by atoms with E-state index in [0.29, 0.717) is 29.7 Å². The fourth-order valence-corrected chi connectivity index (χ4v) is 3.99. The molecule has 3 fully saturated rings. The molecular weight excluding hydrogens is 385 g/mol. The van der Waals surface area contributed by atoms with E-state index in [9.17, 15) is 4.79 Å². The molecule has 0 bridgehead atoms. The number of carbonyl (C=O) groups excluding carboxylic acids is 1. The maximum Gasteiger partial charge on any atom is 0.225 e. The van der Waals surface area contributed by atoms with Gasteiger partial charge >= 0.3 is 0 Å². The van der Waals surface area contributed by atoms with Gasteiger partial charge in [-0.05, 0) is 51.4 Å². The Labute approximate surface area is 173 Å². The molecule has 0 radical (unpaired) electrons. The fourth-order valence-electron chi connectivity index (χ4n) is 3.99. The Hall–Kier alpha value is -1.11. The minimum Gasteiger partial charge on any atom is -0.370 e. The zero-order valence-corrected chi connectivity index (χ0v) is 17.5. The Kier molecular flexibility index (Phi) is 7.72. The Balaban J connectivity index is 0.00000131. The molecule has 1 aromatic rings. The average molecular weight is 416 g/mol. The third-order valence-electron chi connectivity index (χ3n) is 5.88. The van der Waals surface area contributed by atoms with E-state index in [2.05, 4.69) is 26.3 Å². The lowest BCUT2D eigenvalue weighted by molar-refractivity contribution is -0.133. The normalized spacial score (nSPS) is 25.0.